The average Bonchev–Trinajstić information content (AvgIpc) is 2.62. The molecule has 1 saturated heterocycles. The maximum Gasteiger partial charge on any atom is 0.137 e. The number of nitrogens with two attached hydrogens (primary N) is 1. The van der Waals surface area contributed by atoms with Gasteiger partial charge in [0.05, 0.1) is 0 Å². The monoisotopic (exact) mass is 248 g/mol. The van der Waals surface area contributed by atoms with Gasteiger partial charge in [-0.3, -0.25) is 0 Å². The summed E-state index contributed by atoms with van der Waals surface area (Å²) in [5, 5.41) is 0. The third-order valence-electron chi connectivity index (χ3n) is 3.98. The third-order valence-corrected chi connectivity index (χ3v) is 3.98. The summed E-state index contributed by atoms with van der Waals surface area (Å²) in [6, 6.07) is 0. The van der Waals surface area contributed by atoms with Crippen molar-refractivity contribution >= 4 is 11.6 Å². The molecule has 1 aliphatic heterocycles. The van der Waals surface area contributed by atoms with E-state index in [-0.39, 0.29) is 0 Å². The lowest BCUT2D eigenvalue weighted by atomic mass is 10.0. The molecule has 0 amide bonds. The maximum absolute atomic E-state index is 6.02. The Bertz CT molecular complexity index is 432. The van der Waals surface area contributed by atoms with Gasteiger partial charge in [-0.05, 0) is 18.8 Å². The third kappa shape index (κ3) is 2.28. The molecule has 2 unspecified atom stereocenters. The van der Waals surface area contributed by atoms with Gasteiger partial charge in [0.1, 0.15) is 17.5 Å². The molecule has 2 atom stereocenters. The van der Waals surface area contributed by atoms with Crippen LogP contribution in [0.15, 0.2) is 0 Å². The van der Waals surface area contributed by atoms with Crippen molar-refractivity contribution in [3.63, 3.8) is 0 Å². The molecule has 2 rings (SSSR count). The Hall–Kier alpha value is -1.32. The van der Waals surface area contributed by atoms with Crippen LogP contribution in [0.5, 0.6) is 0 Å². The lowest BCUT2D eigenvalue weighted by Crippen LogP contribution is -2.23. The lowest BCUT2D eigenvalue weighted by Gasteiger charge is -2.21. The largest absolute Gasteiger partial charge is 0.383 e. The Kier molecular flexibility index (Phi) is 3.46. The predicted octanol–water partition coefficient (Wildman–Crippen LogP) is 2.58. The van der Waals surface area contributed by atoms with E-state index in [9.17, 15) is 0 Å². The smallest absolute Gasteiger partial charge is 0.137 e. The fourth-order valence-corrected chi connectivity index (χ4v) is 2.41. The molecule has 1 fully saturated rings. The van der Waals surface area contributed by atoms with Crippen molar-refractivity contribution in [3.05, 3.63) is 11.4 Å². The Labute approximate surface area is 110 Å². The molecular weight excluding hydrogens is 224 g/mol. The van der Waals surface area contributed by atoms with E-state index >= 15 is 0 Å². The Morgan fingerprint density at radius 1 is 1.17 bits per heavy atom. The highest BCUT2D eigenvalue weighted by Gasteiger charge is 2.28. The summed E-state index contributed by atoms with van der Waals surface area (Å²) in [7, 11) is 0. The molecule has 1 aromatic rings. The van der Waals surface area contributed by atoms with Crippen LogP contribution in [-0.2, 0) is 0 Å². The SMILES string of the molecule is Cc1c(N)nc(C(C)C)nc1N1CC(C)C(C)C1. The van der Waals surface area contributed by atoms with Gasteiger partial charge in [-0.15, -0.1) is 0 Å². The van der Waals surface area contributed by atoms with Crippen LogP contribution in [0, 0.1) is 18.8 Å². The van der Waals surface area contributed by atoms with Gasteiger partial charge in [0.15, 0.2) is 0 Å². The van der Waals surface area contributed by atoms with Gasteiger partial charge in [0.2, 0.25) is 0 Å². The lowest BCUT2D eigenvalue weighted by molar-refractivity contribution is 0.494. The second kappa shape index (κ2) is 4.75. The van der Waals surface area contributed by atoms with Crippen LogP contribution < -0.4 is 10.6 Å². The number of nitrogens with zero attached hydrogens (tertiary/aromatic N) is 3. The van der Waals surface area contributed by atoms with E-state index in [0.717, 1.165) is 30.3 Å². The summed E-state index contributed by atoms with van der Waals surface area (Å²) in [5.74, 6) is 4.23. The van der Waals surface area contributed by atoms with Gasteiger partial charge in [0, 0.05) is 24.6 Å². The minimum absolute atomic E-state index is 0.309. The predicted molar refractivity (Wildman–Crippen MR) is 75.8 cm³/mol. The summed E-state index contributed by atoms with van der Waals surface area (Å²) in [4.78, 5) is 11.5. The van der Waals surface area contributed by atoms with Crippen molar-refractivity contribution in [2.75, 3.05) is 23.7 Å². The molecule has 2 N–H and O–H groups in total. The molecule has 100 valence electrons. The number of anilines is 2. The number of hydrogen-bond acceptors (Lipinski definition) is 4. The summed E-state index contributed by atoms with van der Waals surface area (Å²) in [6.07, 6.45) is 0. The summed E-state index contributed by atoms with van der Waals surface area (Å²) in [6.45, 7) is 12.9. The van der Waals surface area contributed by atoms with E-state index in [1.54, 1.807) is 0 Å². The van der Waals surface area contributed by atoms with Gasteiger partial charge < -0.3 is 10.6 Å². The van der Waals surface area contributed by atoms with Crippen LogP contribution in [0.3, 0.4) is 0 Å². The van der Waals surface area contributed by atoms with Crippen LogP contribution in [0.2, 0.25) is 0 Å². The van der Waals surface area contributed by atoms with Crippen LogP contribution in [0.4, 0.5) is 11.6 Å². The Morgan fingerprint density at radius 2 is 1.72 bits per heavy atom. The fraction of sp³-hybridized carbons (Fsp3) is 0.714. The topological polar surface area (TPSA) is 55.0 Å². The molecule has 18 heavy (non-hydrogen) atoms. The van der Waals surface area contributed by atoms with E-state index in [4.69, 9.17) is 10.7 Å². The van der Waals surface area contributed by atoms with E-state index in [1.807, 2.05) is 6.92 Å². The molecule has 1 aliphatic rings. The molecule has 0 radical (unpaired) electrons. The van der Waals surface area contributed by atoms with Crippen LogP contribution in [-0.4, -0.2) is 23.1 Å². The second-order valence-corrected chi connectivity index (χ2v) is 5.93. The van der Waals surface area contributed by atoms with Gasteiger partial charge in [-0.1, -0.05) is 27.7 Å². The maximum atomic E-state index is 6.02. The number of aromatic nitrogens is 2. The molecular formula is C14H24N4. The molecule has 0 bridgehead atoms. The molecule has 4 heteroatoms. The molecule has 0 spiro atoms. The molecule has 0 aliphatic carbocycles. The van der Waals surface area contributed by atoms with Gasteiger partial charge in [0.25, 0.3) is 0 Å². The average molecular weight is 248 g/mol. The quantitative estimate of drug-likeness (QED) is 0.874. The number of hydrogen-bond donors (Lipinski definition) is 1. The van der Waals surface area contributed by atoms with Crippen molar-refractivity contribution in [3.8, 4) is 0 Å². The Balaban J connectivity index is 2.38. The van der Waals surface area contributed by atoms with Crippen molar-refractivity contribution in [2.45, 2.75) is 40.5 Å². The first-order valence-corrected chi connectivity index (χ1v) is 6.79. The van der Waals surface area contributed by atoms with E-state index in [1.165, 1.54) is 0 Å². The first-order valence-electron chi connectivity index (χ1n) is 6.79. The molecule has 1 aromatic heterocycles. The molecule has 4 nitrogen and oxygen atoms in total. The highest BCUT2D eigenvalue weighted by Crippen LogP contribution is 2.31. The number of rotatable bonds is 2. The minimum atomic E-state index is 0.309. The minimum Gasteiger partial charge on any atom is -0.383 e. The zero-order valence-corrected chi connectivity index (χ0v) is 12.1. The molecule has 0 saturated carbocycles. The van der Waals surface area contributed by atoms with Crippen LogP contribution >= 0.6 is 0 Å². The zero-order valence-electron chi connectivity index (χ0n) is 12.1. The summed E-state index contributed by atoms with van der Waals surface area (Å²) < 4.78 is 0. The standard InChI is InChI=1S/C14H24N4/c1-8(2)13-16-12(15)11(5)14(17-13)18-6-9(3)10(4)7-18/h8-10H,6-7H2,1-5H3,(H2,15,16,17). The molecule has 0 aromatic carbocycles. The fourth-order valence-electron chi connectivity index (χ4n) is 2.41. The first-order chi connectivity index (χ1) is 8.40. The first kappa shape index (κ1) is 13.1. The van der Waals surface area contributed by atoms with E-state index in [2.05, 4.69) is 37.6 Å². The second-order valence-electron chi connectivity index (χ2n) is 5.93. The highest BCUT2D eigenvalue weighted by atomic mass is 15.2. The zero-order chi connectivity index (χ0) is 13.4. The molecule has 2 heterocycles. The van der Waals surface area contributed by atoms with Gasteiger partial charge >= 0.3 is 0 Å². The van der Waals surface area contributed by atoms with Crippen molar-refractivity contribution in [2.24, 2.45) is 11.8 Å². The van der Waals surface area contributed by atoms with Crippen LogP contribution in [0.25, 0.3) is 0 Å². The van der Waals surface area contributed by atoms with Gasteiger partial charge in [-0.25, -0.2) is 9.97 Å². The van der Waals surface area contributed by atoms with E-state index < -0.39 is 0 Å². The van der Waals surface area contributed by atoms with E-state index in [0.29, 0.717) is 23.6 Å². The van der Waals surface area contributed by atoms with Crippen molar-refractivity contribution in [1.29, 1.82) is 0 Å². The summed E-state index contributed by atoms with van der Waals surface area (Å²) in [5.41, 5.74) is 7.03. The highest BCUT2D eigenvalue weighted by molar-refractivity contribution is 5.57. The van der Waals surface area contributed by atoms with Crippen molar-refractivity contribution < 1.29 is 0 Å². The Morgan fingerprint density at radius 3 is 2.22 bits per heavy atom. The van der Waals surface area contributed by atoms with Crippen molar-refractivity contribution in [1.82, 2.24) is 9.97 Å². The number of nitrogen functional groups attached to an aromatic ring is 1. The summed E-state index contributed by atoms with van der Waals surface area (Å²) >= 11 is 0. The normalized spacial score (nSPS) is 24.0. The van der Waals surface area contributed by atoms with Gasteiger partial charge in [-0.2, -0.15) is 0 Å². The van der Waals surface area contributed by atoms with Crippen LogP contribution in [0.1, 0.15) is 45.0 Å².